The van der Waals surface area contributed by atoms with Gasteiger partial charge in [0.25, 0.3) is 0 Å². The van der Waals surface area contributed by atoms with Crippen LogP contribution in [0.4, 0.5) is 11.6 Å². The van der Waals surface area contributed by atoms with Crippen molar-refractivity contribution in [3.63, 3.8) is 0 Å². The van der Waals surface area contributed by atoms with Crippen molar-refractivity contribution in [3.8, 4) is 17.3 Å². The first-order valence-electron chi connectivity index (χ1n) is 19.8. The molecule has 2 unspecified atom stereocenters. The summed E-state index contributed by atoms with van der Waals surface area (Å²) < 4.78 is 6.94. The van der Waals surface area contributed by atoms with Gasteiger partial charge >= 0.3 is 0 Å². The number of hydrogen-bond acceptors (Lipinski definition) is 4. The Kier molecular flexibility index (Phi) is 6.43. The van der Waals surface area contributed by atoms with Crippen LogP contribution >= 0.6 is 0 Å². The molecule has 13 rings (SSSR count). The molecular formula is C51H33N7. The molecule has 1 aliphatic heterocycles. The molecule has 272 valence electrons. The minimum absolute atomic E-state index is 0.0237. The summed E-state index contributed by atoms with van der Waals surface area (Å²) in [4.78, 5) is 17.3. The van der Waals surface area contributed by atoms with Crippen molar-refractivity contribution in [1.82, 2.24) is 28.7 Å². The predicted molar refractivity (Wildman–Crippen MR) is 236 cm³/mol. The predicted octanol–water partition coefficient (Wildman–Crippen LogP) is 11.9. The molecular weight excluding hydrogens is 711 g/mol. The topological polar surface area (TPSA) is 56.7 Å². The first-order chi connectivity index (χ1) is 28.8. The summed E-state index contributed by atoms with van der Waals surface area (Å²) in [6, 6.07) is 56.8. The van der Waals surface area contributed by atoms with E-state index in [1.165, 1.54) is 49.2 Å². The van der Waals surface area contributed by atoms with Crippen LogP contribution < -0.4 is 4.90 Å². The van der Waals surface area contributed by atoms with Gasteiger partial charge in [0.05, 0.1) is 39.1 Å². The van der Waals surface area contributed by atoms with Crippen molar-refractivity contribution in [2.45, 2.75) is 12.0 Å². The monoisotopic (exact) mass is 743 g/mol. The first-order valence-corrected chi connectivity index (χ1v) is 19.8. The van der Waals surface area contributed by atoms with Gasteiger partial charge in [-0.15, -0.1) is 0 Å². The lowest BCUT2D eigenvalue weighted by molar-refractivity contribution is 0.724. The molecule has 0 spiro atoms. The second kappa shape index (κ2) is 11.9. The number of hydrogen-bond donors (Lipinski definition) is 0. The van der Waals surface area contributed by atoms with Gasteiger partial charge in [0.15, 0.2) is 0 Å². The third-order valence-corrected chi connectivity index (χ3v) is 12.3. The summed E-state index contributed by atoms with van der Waals surface area (Å²) in [5.41, 5.74) is 11.5. The maximum Gasteiger partial charge on any atom is 0.239 e. The number of fused-ring (bicyclic) bond motifs is 12. The second-order valence-electron chi connectivity index (χ2n) is 15.3. The number of rotatable bonds is 4. The molecule has 58 heavy (non-hydrogen) atoms. The van der Waals surface area contributed by atoms with Gasteiger partial charge in [-0.2, -0.15) is 4.98 Å². The molecule has 2 atom stereocenters. The molecule has 7 aromatic carbocycles. The number of anilines is 2. The Balaban J connectivity index is 0.961. The van der Waals surface area contributed by atoms with E-state index in [4.69, 9.17) is 15.0 Å². The number of nitrogens with zero attached hydrogens (tertiary/aromatic N) is 7. The smallest absolute Gasteiger partial charge is 0.239 e. The van der Waals surface area contributed by atoms with Gasteiger partial charge in [0, 0.05) is 55.3 Å². The summed E-state index contributed by atoms with van der Waals surface area (Å²) in [5.74, 6) is 1.35. The lowest BCUT2D eigenvalue weighted by atomic mass is 9.91. The molecule has 0 N–H and O–H groups in total. The summed E-state index contributed by atoms with van der Waals surface area (Å²) in [6.07, 6.45) is 10.5. The number of benzene rings is 7. The molecule has 0 bridgehead atoms. The van der Waals surface area contributed by atoms with Crippen LogP contribution in [0.3, 0.4) is 0 Å². The van der Waals surface area contributed by atoms with Gasteiger partial charge in [0.2, 0.25) is 11.9 Å². The van der Waals surface area contributed by atoms with E-state index in [0.29, 0.717) is 11.9 Å². The van der Waals surface area contributed by atoms with Gasteiger partial charge in [-0.3, -0.25) is 4.57 Å². The summed E-state index contributed by atoms with van der Waals surface area (Å²) in [5, 5.41) is 7.28. The van der Waals surface area contributed by atoms with Crippen LogP contribution in [0.15, 0.2) is 188 Å². The molecule has 0 amide bonds. The van der Waals surface area contributed by atoms with Crippen molar-refractivity contribution >= 4 is 77.1 Å². The van der Waals surface area contributed by atoms with E-state index in [1.807, 2.05) is 0 Å². The third-order valence-electron chi connectivity index (χ3n) is 12.3. The van der Waals surface area contributed by atoms with Gasteiger partial charge in [-0.05, 0) is 72.3 Å². The minimum atomic E-state index is 0.0237. The molecule has 0 saturated heterocycles. The Hall–Kier alpha value is -7.77. The minimum Gasteiger partial charge on any atom is -0.309 e. The number of aromatic nitrogens is 6. The second-order valence-corrected chi connectivity index (χ2v) is 15.3. The molecule has 7 heteroatoms. The van der Waals surface area contributed by atoms with E-state index >= 15 is 0 Å². The largest absolute Gasteiger partial charge is 0.309 e. The quantitative estimate of drug-likeness (QED) is 0.180. The molecule has 7 nitrogen and oxygen atoms in total. The molecule has 2 aliphatic rings. The fraction of sp³-hybridized carbons (Fsp3) is 0.0392. The highest BCUT2D eigenvalue weighted by Gasteiger charge is 2.39. The average Bonchev–Trinajstić information content (AvgIpc) is 4.01. The van der Waals surface area contributed by atoms with E-state index in [0.717, 1.165) is 38.9 Å². The highest BCUT2D eigenvalue weighted by molar-refractivity contribution is 6.12. The van der Waals surface area contributed by atoms with Crippen LogP contribution in [-0.4, -0.2) is 34.7 Å². The Labute approximate surface area is 332 Å². The summed E-state index contributed by atoms with van der Waals surface area (Å²) in [7, 11) is 0. The van der Waals surface area contributed by atoms with Gasteiger partial charge < -0.3 is 14.0 Å². The summed E-state index contributed by atoms with van der Waals surface area (Å²) in [6.45, 7) is 0. The maximum atomic E-state index is 5.29. The molecule has 4 aromatic heterocycles. The molecule has 0 radical (unpaired) electrons. The molecule has 0 fully saturated rings. The fourth-order valence-electron chi connectivity index (χ4n) is 9.92. The highest BCUT2D eigenvalue weighted by atomic mass is 15.3. The van der Waals surface area contributed by atoms with E-state index < -0.39 is 0 Å². The molecule has 5 heterocycles. The van der Waals surface area contributed by atoms with Crippen LogP contribution in [0.25, 0.3) is 82.7 Å². The Morgan fingerprint density at radius 2 is 0.862 bits per heavy atom. The molecule has 11 aromatic rings. The lowest BCUT2D eigenvalue weighted by Gasteiger charge is -2.26. The van der Waals surface area contributed by atoms with Crippen molar-refractivity contribution in [2.75, 3.05) is 4.90 Å². The zero-order chi connectivity index (χ0) is 37.9. The molecule has 1 aliphatic carbocycles. The number of allylic oxidation sites excluding steroid dienone is 2. The van der Waals surface area contributed by atoms with Crippen molar-refractivity contribution in [3.05, 3.63) is 194 Å². The Morgan fingerprint density at radius 3 is 1.47 bits per heavy atom. The first kappa shape index (κ1) is 31.4. The van der Waals surface area contributed by atoms with E-state index in [-0.39, 0.29) is 12.0 Å². The summed E-state index contributed by atoms with van der Waals surface area (Å²) >= 11 is 0. The van der Waals surface area contributed by atoms with E-state index in [1.54, 1.807) is 6.33 Å². The van der Waals surface area contributed by atoms with Gasteiger partial charge in [-0.1, -0.05) is 115 Å². The third kappa shape index (κ3) is 4.30. The van der Waals surface area contributed by atoms with Gasteiger partial charge in [0.1, 0.15) is 6.33 Å². The zero-order valence-corrected chi connectivity index (χ0v) is 31.2. The van der Waals surface area contributed by atoms with Crippen molar-refractivity contribution in [2.24, 2.45) is 0 Å². The zero-order valence-electron chi connectivity index (χ0n) is 31.2. The van der Waals surface area contributed by atoms with Crippen LogP contribution in [-0.2, 0) is 0 Å². The van der Waals surface area contributed by atoms with E-state index in [9.17, 15) is 0 Å². The van der Waals surface area contributed by atoms with Gasteiger partial charge in [-0.25, -0.2) is 9.97 Å². The van der Waals surface area contributed by atoms with E-state index in [2.05, 4.69) is 201 Å². The maximum absolute atomic E-state index is 5.29. The van der Waals surface area contributed by atoms with Crippen molar-refractivity contribution < 1.29 is 0 Å². The number of para-hydroxylation sites is 5. The van der Waals surface area contributed by atoms with Crippen LogP contribution in [0.2, 0.25) is 0 Å². The Morgan fingerprint density at radius 1 is 0.397 bits per heavy atom. The average molecular weight is 744 g/mol. The van der Waals surface area contributed by atoms with Crippen LogP contribution in [0, 0.1) is 0 Å². The van der Waals surface area contributed by atoms with Crippen LogP contribution in [0.1, 0.15) is 11.5 Å². The standard InChI is InChI=1S/C51H33N7/c1-7-19-42-34(13-1)35-14-2-8-20-43(35)55(42)32-25-27-48-40(29-32)38-17-5-11-23-46(38)57(48)50-52-31-53-51(54-50)58-47-24-12-6-18-39(47)41-30-33(26-28-49(41)58)56-44-21-9-3-15-36(44)37-16-4-10-22-45(37)56/h1-31,38,46H. The van der Waals surface area contributed by atoms with Crippen molar-refractivity contribution in [1.29, 1.82) is 0 Å². The SMILES string of the molecule is C1=CC2c3cc(-n4c5ccccc5c5ccccc54)ccc3N(c3ncnc(-n4c5ccccc5c5cc(-n6c7ccccc7c7ccccc76)ccc54)n3)C2C=C1. The lowest BCUT2D eigenvalue weighted by Crippen LogP contribution is -2.30. The van der Waals surface area contributed by atoms with Crippen LogP contribution in [0.5, 0.6) is 0 Å². The highest BCUT2D eigenvalue weighted by Crippen LogP contribution is 2.48. The fourth-order valence-corrected chi connectivity index (χ4v) is 9.92. The Bertz CT molecular complexity index is 3460. The normalized spacial score (nSPS) is 16.1. The molecule has 0 saturated carbocycles.